The third kappa shape index (κ3) is 5.41. The van der Waals surface area contributed by atoms with Gasteiger partial charge < -0.3 is 15.4 Å². The molecule has 0 radical (unpaired) electrons. The minimum absolute atomic E-state index is 0.0900. The summed E-state index contributed by atoms with van der Waals surface area (Å²) in [5, 5.41) is 4.81. The van der Waals surface area contributed by atoms with Crippen molar-refractivity contribution in [1.82, 2.24) is 10.6 Å². The zero-order valence-electron chi connectivity index (χ0n) is 12.4. The van der Waals surface area contributed by atoms with Gasteiger partial charge in [-0.05, 0) is 12.5 Å². The molecule has 0 bridgehead atoms. The van der Waals surface area contributed by atoms with Crippen LogP contribution in [0.15, 0.2) is 30.3 Å². The van der Waals surface area contributed by atoms with E-state index in [0.29, 0.717) is 0 Å². The molecule has 116 valence electrons. The van der Waals surface area contributed by atoms with Crippen LogP contribution in [0.3, 0.4) is 0 Å². The first-order valence-corrected chi connectivity index (χ1v) is 6.78. The molecule has 5 nitrogen and oxygen atoms in total. The molecule has 0 aromatic heterocycles. The van der Waals surface area contributed by atoms with E-state index in [2.05, 4.69) is 10.6 Å². The molecule has 1 aromatic carbocycles. The molecule has 3 atom stereocenters. The Morgan fingerprint density at radius 2 is 1.86 bits per heavy atom. The molecule has 21 heavy (non-hydrogen) atoms. The first kappa shape index (κ1) is 16.9. The summed E-state index contributed by atoms with van der Waals surface area (Å²) in [5.74, 6) is -1.11. The van der Waals surface area contributed by atoms with Crippen molar-refractivity contribution in [2.24, 2.45) is 5.92 Å². The molecule has 0 spiro atoms. The minimum Gasteiger partial charge on any atom is -0.445 e. The van der Waals surface area contributed by atoms with Crippen LogP contribution in [-0.2, 0) is 16.1 Å². The highest BCUT2D eigenvalue weighted by atomic mass is 19.1. The fraction of sp³-hybridized carbons (Fsp3) is 0.467. The van der Waals surface area contributed by atoms with Crippen molar-refractivity contribution in [3.05, 3.63) is 35.9 Å². The Morgan fingerprint density at radius 3 is 2.38 bits per heavy atom. The Labute approximate surface area is 123 Å². The van der Waals surface area contributed by atoms with Crippen molar-refractivity contribution in [2.75, 3.05) is 7.05 Å². The monoisotopic (exact) mass is 296 g/mol. The molecule has 0 aliphatic rings. The van der Waals surface area contributed by atoms with Crippen molar-refractivity contribution >= 4 is 12.0 Å². The lowest BCUT2D eigenvalue weighted by atomic mass is 9.97. The van der Waals surface area contributed by atoms with Crippen molar-refractivity contribution in [1.29, 1.82) is 0 Å². The second-order valence-electron chi connectivity index (χ2n) is 4.83. The van der Waals surface area contributed by atoms with E-state index in [1.807, 2.05) is 30.3 Å². The highest BCUT2D eigenvalue weighted by molar-refractivity contribution is 5.85. The molecule has 2 N–H and O–H groups in total. The number of halogens is 1. The van der Waals surface area contributed by atoms with Crippen LogP contribution in [0.2, 0.25) is 0 Å². The maximum atomic E-state index is 13.4. The quantitative estimate of drug-likeness (QED) is 0.844. The van der Waals surface area contributed by atoms with E-state index in [1.54, 1.807) is 6.92 Å². The normalized spacial score (nSPS) is 14.7. The van der Waals surface area contributed by atoms with Crippen molar-refractivity contribution in [3.8, 4) is 0 Å². The van der Waals surface area contributed by atoms with E-state index in [1.165, 1.54) is 14.0 Å². The number of benzene rings is 1. The molecule has 0 saturated heterocycles. The predicted molar refractivity (Wildman–Crippen MR) is 77.4 cm³/mol. The van der Waals surface area contributed by atoms with Gasteiger partial charge in [-0.1, -0.05) is 37.3 Å². The van der Waals surface area contributed by atoms with Gasteiger partial charge >= 0.3 is 6.09 Å². The van der Waals surface area contributed by atoms with Gasteiger partial charge in [-0.2, -0.15) is 0 Å². The van der Waals surface area contributed by atoms with Crippen molar-refractivity contribution in [3.63, 3.8) is 0 Å². The van der Waals surface area contributed by atoms with Gasteiger partial charge in [0, 0.05) is 13.0 Å². The van der Waals surface area contributed by atoms with Crippen LogP contribution in [0, 0.1) is 5.92 Å². The Hall–Kier alpha value is -2.11. The first-order chi connectivity index (χ1) is 9.95. The van der Waals surface area contributed by atoms with E-state index in [-0.39, 0.29) is 6.61 Å². The fourth-order valence-electron chi connectivity index (χ4n) is 1.75. The van der Waals surface area contributed by atoms with Gasteiger partial charge in [0.2, 0.25) is 5.91 Å². The van der Waals surface area contributed by atoms with Gasteiger partial charge in [-0.3, -0.25) is 4.79 Å². The van der Waals surface area contributed by atoms with Crippen molar-refractivity contribution in [2.45, 2.75) is 32.7 Å². The summed E-state index contributed by atoms with van der Waals surface area (Å²) >= 11 is 0. The van der Waals surface area contributed by atoms with E-state index >= 15 is 0 Å². The largest absolute Gasteiger partial charge is 0.445 e. The highest BCUT2D eigenvalue weighted by Gasteiger charge is 2.30. The molecular formula is C15H21FN2O3. The lowest BCUT2D eigenvalue weighted by Gasteiger charge is -2.24. The highest BCUT2D eigenvalue weighted by Crippen LogP contribution is 2.12. The van der Waals surface area contributed by atoms with Gasteiger partial charge in [0.25, 0.3) is 0 Å². The zero-order valence-corrected chi connectivity index (χ0v) is 12.4. The number of rotatable bonds is 6. The topological polar surface area (TPSA) is 67.4 Å². The molecule has 0 unspecified atom stereocenters. The summed E-state index contributed by atoms with van der Waals surface area (Å²) in [5.41, 5.74) is 0.830. The molecular weight excluding hydrogens is 275 g/mol. The van der Waals surface area contributed by atoms with Crippen LogP contribution in [0.25, 0.3) is 0 Å². The number of alkyl carbamates (subject to hydrolysis) is 1. The van der Waals surface area contributed by atoms with E-state index in [9.17, 15) is 14.0 Å². The molecule has 1 rings (SSSR count). The maximum absolute atomic E-state index is 13.4. The van der Waals surface area contributed by atoms with Gasteiger partial charge in [-0.25, -0.2) is 9.18 Å². The van der Waals surface area contributed by atoms with Crippen molar-refractivity contribution < 1.29 is 18.7 Å². The second kappa shape index (κ2) is 8.24. The Kier molecular flexibility index (Phi) is 6.65. The third-order valence-electron chi connectivity index (χ3n) is 3.27. The number of ether oxygens (including phenoxy) is 1. The summed E-state index contributed by atoms with van der Waals surface area (Å²) in [6.07, 6.45) is -1.98. The molecule has 0 aliphatic heterocycles. The number of hydrogen-bond donors (Lipinski definition) is 2. The van der Waals surface area contributed by atoms with Crippen LogP contribution >= 0.6 is 0 Å². The lowest BCUT2D eigenvalue weighted by molar-refractivity contribution is -0.124. The van der Waals surface area contributed by atoms with Crippen LogP contribution in [0.1, 0.15) is 19.4 Å². The summed E-state index contributed by atoms with van der Waals surface area (Å²) in [7, 11) is 1.43. The maximum Gasteiger partial charge on any atom is 0.408 e. The summed E-state index contributed by atoms with van der Waals surface area (Å²) in [4.78, 5) is 23.5. The number of hydrogen-bond acceptors (Lipinski definition) is 3. The molecule has 0 heterocycles. The summed E-state index contributed by atoms with van der Waals surface area (Å²) in [6.45, 7) is 2.99. The molecule has 0 fully saturated rings. The Morgan fingerprint density at radius 1 is 1.24 bits per heavy atom. The smallest absolute Gasteiger partial charge is 0.408 e. The Balaban J connectivity index is 2.58. The second-order valence-corrected chi connectivity index (χ2v) is 4.83. The lowest BCUT2D eigenvalue weighted by Crippen LogP contribution is -2.51. The van der Waals surface area contributed by atoms with E-state index < -0.39 is 30.1 Å². The Bertz CT molecular complexity index is 465. The van der Waals surface area contributed by atoms with Crippen LogP contribution in [0.4, 0.5) is 9.18 Å². The SMILES string of the molecule is CNC(=O)[C@@H](NC(=O)OCc1ccccc1)[C@@H](C)[C@H](C)F. The van der Waals surface area contributed by atoms with Gasteiger partial charge in [0.1, 0.15) is 18.8 Å². The molecule has 0 aliphatic carbocycles. The summed E-state index contributed by atoms with van der Waals surface area (Å²) < 4.78 is 18.4. The van der Waals surface area contributed by atoms with Gasteiger partial charge in [0.15, 0.2) is 0 Å². The summed E-state index contributed by atoms with van der Waals surface area (Å²) in [6, 6.07) is 8.17. The number of carbonyl (C=O) groups is 2. The number of carbonyl (C=O) groups excluding carboxylic acids is 2. The molecule has 0 saturated carbocycles. The fourth-order valence-corrected chi connectivity index (χ4v) is 1.75. The first-order valence-electron chi connectivity index (χ1n) is 6.78. The minimum atomic E-state index is -1.23. The number of alkyl halides is 1. The third-order valence-corrected chi connectivity index (χ3v) is 3.27. The van der Waals surface area contributed by atoms with Crippen LogP contribution in [-0.4, -0.2) is 31.3 Å². The van der Waals surface area contributed by atoms with Gasteiger partial charge in [0.05, 0.1) is 0 Å². The average molecular weight is 296 g/mol. The van der Waals surface area contributed by atoms with Crippen LogP contribution < -0.4 is 10.6 Å². The zero-order chi connectivity index (χ0) is 15.8. The number of likely N-dealkylation sites (N-methyl/N-ethyl adjacent to an activating group) is 1. The van der Waals surface area contributed by atoms with E-state index in [0.717, 1.165) is 5.56 Å². The van der Waals surface area contributed by atoms with Gasteiger partial charge in [-0.15, -0.1) is 0 Å². The van der Waals surface area contributed by atoms with E-state index in [4.69, 9.17) is 4.74 Å². The predicted octanol–water partition coefficient (Wildman–Crippen LogP) is 2.02. The molecule has 1 aromatic rings. The average Bonchev–Trinajstić information content (AvgIpc) is 2.50. The standard InChI is InChI=1S/C15H21FN2O3/c1-10(11(2)16)13(14(19)17-3)18-15(20)21-9-12-7-5-4-6-8-12/h4-8,10-11,13H,9H2,1-3H3,(H,17,19)(H,18,20)/t10-,11-,13-/m0/s1. The van der Waals surface area contributed by atoms with Crippen LogP contribution in [0.5, 0.6) is 0 Å². The number of amides is 2. The number of nitrogens with one attached hydrogen (secondary N) is 2. The molecule has 2 amide bonds. The molecule has 6 heteroatoms.